The summed E-state index contributed by atoms with van der Waals surface area (Å²) in [5.41, 5.74) is 1.07. The van der Waals surface area contributed by atoms with Crippen molar-refractivity contribution in [3.8, 4) is 0 Å². The predicted octanol–water partition coefficient (Wildman–Crippen LogP) is 1.20. The lowest BCUT2D eigenvalue weighted by Gasteiger charge is -1.99. The van der Waals surface area contributed by atoms with E-state index >= 15 is 0 Å². The van der Waals surface area contributed by atoms with Crippen LogP contribution in [0.25, 0.3) is 0 Å². The van der Waals surface area contributed by atoms with Crippen molar-refractivity contribution in [1.82, 2.24) is 24.6 Å². The molecule has 7 heteroatoms. The van der Waals surface area contributed by atoms with Crippen LogP contribution in [-0.4, -0.2) is 26.4 Å². The van der Waals surface area contributed by atoms with Crippen LogP contribution in [0.1, 0.15) is 5.56 Å². The van der Waals surface area contributed by atoms with Gasteiger partial charge in [0.25, 0.3) is 0 Å². The molecule has 0 fully saturated rings. The Kier molecular flexibility index (Phi) is 3.59. The maximum atomic E-state index is 4.22. The molecule has 0 aliphatic heterocycles. The van der Waals surface area contributed by atoms with E-state index in [2.05, 4.69) is 24.6 Å². The van der Waals surface area contributed by atoms with Crippen LogP contribution in [0.2, 0.25) is 0 Å². The van der Waals surface area contributed by atoms with E-state index in [1.165, 1.54) is 29.6 Å². The molecule has 2 aromatic rings. The molecular formula is C8H9N5S2. The van der Waals surface area contributed by atoms with Crippen molar-refractivity contribution in [2.45, 2.75) is 16.0 Å². The summed E-state index contributed by atoms with van der Waals surface area (Å²) >= 11 is 2.77. The largest absolute Gasteiger partial charge is 0.316 e. The summed E-state index contributed by atoms with van der Waals surface area (Å²) in [5, 5.41) is 3.74. The molecule has 78 valence electrons. The zero-order chi connectivity index (χ0) is 10.5. The lowest BCUT2D eigenvalue weighted by molar-refractivity contribution is 0.793. The van der Waals surface area contributed by atoms with E-state index in [1.807, 2.05) is 19.4 Å². The minimum Gasteiger partial charge on any atom is -0.316 e. The van der Waals surface area contributed by atoms with E-state index in [0.29, 0.717) is 5.16 Å². The van der Waals surface area contributed by atoms with Gasteiger partial charge in [-0.1, -0.05) is 0 Å². The van der Waals surface area contributed by atoms with E-state index < -0.39 is 0 Å². The number of aromatic nitrogens is 4. The number of rotatable bonds is 4. The maximum Gasteiger partial charge on any atom is 0.194 e. The van der Waals surface area contributed by atoms with Gasteiger partial charge >= 0.3 is 0 Å². The fraction of sp³-hybridized carbons (Fsp3) is 0.250. The molecule has 0 aliphatic rings. The third-order valence-electron chi connectivity index (χ3n) is 1.58. The molecule has 0 radical (unpaired) electrons. The molecule has 2 rings (SSSR count). The van der Waals surface area contributed by atoms with Gasteiger partial charge in [0.1, 0.15) is 6.33 Å². The van der Waals surface area contributed by atoms with Crippen molar-refractivity contribution in [3.05, 3.63) is 24.3 Å². The molecule has 0 aromatic carbocycles. The van der Waals surface area contributed by atoms with Crippen molar-refractivity contribution in [1.29, 1.82) is 0 Å². The monoisotopic (exact) mass is 239 g/mol. The first-order chi connectivity index (χ1) is 7.38. The zero-order valence-corrected chi connectivity index (χ0v) is 9.68. The Hall–Kier alpha value is -1.05. The van der Waals surface area contributed by atoms with Crippen LogP contribution in [-0.2, 0) is 6.54 Å². The SMILES string of the molecule is CNCc1cnc(Sc2ncns2)nc1. The van der Waals surface area contributed by atoms with Crippen molar-refractivity contribution in [3.63, 3.8) is 0 Å². The standard InChI is InChI=1S/C8H9N5S2/c1-9-2-6-3-10-7(11-4-6)14-8-12-5-13-15-8/h3-5,9H,2H2,1H3. The minimum atomic E-state index is 0.701. The van der Waals surface area contributed by atoms with Gasteiger partial charge in [0.15, 0.2) is 9.50 Å². The molecule has 0 bridgehead atoms. The van der Waals surface area contributed by atoms with Gasteiger partial charge in [-0.05, 0) is 30.3 Å². The Morgan fingerprint density at radius 3 is 2.73 bits per heavy atom. The second kappa shape index (κ2) is 5.15. The molecule has 15 heavy (non-hydrogen) atoms. The van der Waals surface area contributed by atoms with Crippen LogP contribution >= 0.6 is 23.3 Å². The summed E-state index contributed by atoms with van der Waals surface area (Å²) in [5.74, 6) is 0. The molecule has 0 aliphatic carbocycles. The number of nitrogens with one attached hydrogen (secondary N) is 1. The average molecular weight is 239 g/mol. The molecule has 0 saturated heterocycles. The van der Waals surface area contributed by atoms with Crippen molar-refractivity contribution >= 4 is 23.3 Å². The van der Waals surface area contributed by atoms with Gasteiger partial charge in [-0.25, -0.2) is 15.0 Å². The molecule has 0 spiro atoms. The topological polar surface area (TPSA) is 63.6 Å². The van der Waals surface area contributed by atoms with Crippen LogP contribution in [0, 0.1) is 0 Å². The van der Waals surface area contributed by atoms with Gasteiger partial charge < -0.3 is 5.32 Å². The van der Waals surface area contributed by atoms with Gasteiger partial charge in [-0.15, -0.1) is 0 Å². The fourth-order valence-electron chi connectivity index (χ4n) is 0.977. The average Bonchev–Trinajstić information content (AvgIpc) is 2.74. The van der Waals surface area contributed by atoms with E-state index in [1.54, 1.807) is 0 Å². The van der Waals surface area contributed by atoms with Gasteiger partial charge in [0, 0.05) is 24.5 Å². The number of hydrogen-bond acceptors (Lipinski definition) is 7. The fourth-order valence-corrected chi connectivity index (χ4v) is 2.22. The quantitative estimate of drug-likeness (QED) is 0.809. The third-order valence-corrected chi connectivity index (χ3v) is 3.19. The summed E-state index contributed by atoms with van der Waals surface area (Å²) in [7, 11) is 1.89. The Morgan fingerprint density at radius 2 is 2.13 bits per heavy atom. The van der Waals surface area contributed by atoms with Crippen LogP contribution in [0.15, 0.2) is 28.2 Å². The van der Waals surface area contributed by atoms with Gasteiger partial charge in [0.2, 0.25) is 0 Å². The first kappa shape index (κ1) is 10.5. The van der Waals surface area contributed by atoms with Crippen LogP contribution in [0.4, 0.5) is 0 Å². The Morgan fingerprint density at radius 1 is 1.33 bits per heavy atom. The van der Waals surface area contributed by atoms with E-state index in [-0.39, 0.29) is 0 Å². The second-order valence-electron chi connectivity index (χ2n) is 2.71. The third kappa shape index (κ3) is 2.95. The molecule has 1 N–H and O–H groups in total. The second-order valence-corrected chi connectivity index (χ2v) is 4.71. The number of nitrogens with zero attached hydrogens (tertiary/aromatic N) is 4. The molecule has 2 heterocycles. The van der Waals surface area contributed by atoms with Crippen LogP contribution < -0.4 is 5.32 Å². The van der Waals surface area contributed by atoms with E-state index in [4.69, 9.17) is 0 Å². The summed E-state index contributed by atoms with van der Waals surface area (Å²) in [6.07, 6.45) is 5.15. The van der Waals surface area contributed by atoms with Crippen molar-refractivity contribution in [2.24, 2.45) is 0 Å². The highest BCUT2D eigenvalue weighted by atomic mass is 32.2. The molecular weight excluding hydrogens is 230 g/mol. The maximum absolute atomic E-state index is 4.22. The van der Waals surface area contributed by atoms with Crippen molar-refractivity contribution < 1.29 is 0 Å². The number of hydrogen-bond donors (Lipinski definition) is 1. The molecule has 0 amide bonds. The smallest absolute Gasteiger partial charge is 0.194 e. The highest BCUT2D eigenvalue weighted by Gasteiger charge is 2.03. The highest BCUT2D eigenvalue weighted by Crippen LogP contribution is 2.24. The Labute approximate surface area is 95.6 Å². The highest BCUT2D eigenvalue weighted by molar-refractivity contribution is 8.00. The molecule has 0 atom stereocenters. The molecule has 0 saturated carbocycles. The summed E-state index contributed by atoms with van der Waals surface area (Å²) in [6.45, 7) is 0.782. The predicted molar refractivity (Wildman–Crippen MR) is 58.8 cm³/mol. The van der Waals surface area contributed by atoms with Crippen LogP contribution in [0.5, 0.6) is 0 Å². The Balaban J connectivity index is 2.04. The van der Waals surface area contributed by atoms with Crippen LogP contribution in [0.3, 0.4) is 0 Å². The van der Waals surface area contributed by atoms with E-state index in [9.17, 15) is 0 Å². The molecule has 5 nitrogen and oxygen atoms in total. The zero-order valence-electron chi connectivity index (χ0n) is 8.04. The lowest BCUT2D eigenvalue weighted by Crippen LogP contribution is -2.05. The first-order valence-corrected chi connectivity index (χ1v) is 5.87. The summed E-state index contributed by atoms with van der Waals surface area (Å²) in [4.78, 5) is 12.5. The van der Waals surface area contributed by atoms with Gasteiger partial charge in [0.05, 0.1) is 0 Å². The van der Waals surface area contributed by atoms with E-state index in [0.717, 1.165) is 16.4 Å². The van der Waals surface area contributed by atoms with Crippen molar-refractivity contribution in [2.75, 3.05) is 7.05 Å². The summed E-state index contributed by atoms with van der Waals surface area (Å²) < 4.78 is 4.77. The minimum absolute atomic E-state index is 0.701. The van der Waals surface area contributed by atoms with Gasteiger partial charge in [-0.2, -0.15) is 4.37 Å². The van der Waals surface area contributed by atoms with Gasteiger partial charge in [-0.3, -0.25) is 0 Å². The molecule has 2 aromatic heterocycles. The molecule has 0 unspecified atom stereocenters. The summed E-state index contributed by atoms with van der Waals surface area (Å²) in [6, 6.07) is 0. The Bertz CT molecular complexity index is 399. The lowest BCUT2D eigenvalue weighted by atomic mass is 10.3. The first-order valence-electron chi connectivity index (χ1n) is 4.28. The normalized spacial score (nSPS) is 10.5.